The normalized spacial score (nSPS) is 10.9. The zero-order valence-electron chi connectivity index (χ0n) is 13.3. The first-order chi connectivity index (χ1) is 10.4. The predicted octanol–water partition coefficient (Wildman–Crippen LogP) is 2.48. The van der Waals surface area contributed by atoms with Crippen molar-refractivity contribution in [2.24, 2.45) is 5.41 Å². The van der Waals surface area contributed by atoms with Crippen molar-refractivity contribution in [3.8, 4) is 18.1 Å². The Morgan fingerprint density at radius 1 is 1.45 bits per heavy atom. The van der Waals surface area contributed by atoms with Crippen LogP contribution in [0, 0.1) is 24.7 Å². The summed E-state index contributed by atoms with van der Waals surface area (Å²) in [6.07, 6.45) is 7.12. The maximum atomic E-state index is 12.1. The van der Waals surface area contributed by atoms with Crippen LogP contribution in [0.2, 0.25) is 0 Å². The van der Waals surface area contributed by atoms with Crippen LogP contribution >= 0.6 is 0 Å². The topological polar surface area (TPSA) is 77.9 Å². The summed E-state index contributed by atoms with van der Waals surface area (Å²) in [4.78, 5) is 20.6. The molecule has 0 bridgehead atoms. The van der Waals surface area contributed by atoms with E-state index >= 15 is 0 Å². The van der Waals surface area contributed by atoms with E-state index in [2.05, 4.69) is 15.8 Å². The van der Waals surface area contributed by atoms with Gasteiger partial charge in [0.15, 0.2) is 5.75 Å². The molecular weight excluding hydrogens is 286 g/mol. The summed E-state index contributed by atoms with van der Waals surface area (Å²) in [5.41, 5.74) is 0.885. The number of aromatic nitrogens is 1. The second-order valence-electron chi connectivity index (χ2n) is 5.54. The summed E-state index contributed by atoms with van der Waals surface area (Å²) in [7, 11) is 1.53. The van der Waals surface area contributed by atoms with Gasteiger partial charge in [0.2, 0.25) is 0 Å². The van der Waals surface area contributed by atoms with Gasteiger partial charge in [-0.25, -0.2) is 5.26 Å². The summed E-state index contributed by atoms with van der Waals surface area (Å²) in [5.74, 6) is 2.19. The van der Waals surface area contributed by atoms with Crippen LogP contribution in [0.4, 0.5) is 0 Å². The van der Waals surface area contributed by atoms with Gasteiger partial charge in [-0.3, -0.25) is 9.78 Å². The number of methoxy groups -OCH3 is 1. The molecule has 6 heteroatoms. The first-order valence-electron chi connectivity index (χ1n) is 6.75. The molecule has 0 atom stereocenters. The maximum absolute atomic E-state index is 12.1. The van der Waals surface area contributed by atoms with E-state index in [0.29, 0.717) is 16.8 Å². The summed E-state index contributed by atoms with van der Waals surface area (Å²) in [6, 6.07) is 0. The van der Waals surface area contributed by atoms with Crippen molar-refractivity contribution in [1.82, 2.24) is 4.98 Å². The number of carbonyl (C=O) groups is 1. The highest BCUT2D eigenvalue weighted by molar-refractivity contribution is 5.76. The quantitative estimate of drug-likeness (QED) is 0.361. The SMILES string of the molecule is C#CCC(C)(C)C(=O)OCc1c(COC)cnc(C)c1OO. The van der Waals surface area contributed by atoms with Gasteiger partial charge in [-0.05, 0) is 20.8 Å². The van der Waals surface area contributed by atoms with E-state index in [0.717, 1.165) is 0 Å². The van der Waals surface area contributed by atoms with Crippen molar-refractivity contribution >= 4 is 5.97 Å². The van der Waals surface area contributed by atoms with E-state index in [-0.39, 0.29) is 25.4 Å². The first-order valence-corrected chi connectivity index (χ1v) is 6.75. The number of terminal acetylenes is 1. The smallest absolute Gasteiger partial charge is 0.312 e. The lowest BCUT2D eigenvalue weighted by Gasteiger charge is -2.21. The van der Waals surface area contributed by atoms with Gasteiger partial charge in [0.1, 0.15) is 6.61 Å². The minimum Gasteiger partial charge on any atom is -0.460 e. The predicted molar refractivity (Wildman–Crippen MR) is 80.0 cm³/mol. The number of nitrogens with zero attached hydrogens (tertiary/aromatic N) is 1. The van der Waals surface area contributed by atoms with Crippen LogP contribution in [-0.2, 0) is 27.5 Å². The third kappa shape index (κ3) is 4.20. The number of hydrogen-bond acceptors (Lipinski definition) is 6. The van der Waals surface area contributed by atoms with Gasteiger partial charge in [-0.2, -0.15) is 0 Å². The Balaban J connectivity index is 2.99. The molecule has 0 fully saturated rings. The van der Waals surface area contributed by atoms with Crippen LogP contribution in [0.5, 0.6) is 5.75 Å². The lowest BCUT2D eigenvalue weighted by Crippen LogP contribution is -2.26. The molecule has 0 spiro atoms. The number of carbonyl (C=O) groups excluding carboxylic acids is 1. The standard InChI is InChI=1S/C16H21NO5/c1-6-7-16(3,4)15(18)21-10-13-12(9-20-5)8-17-11(2)14(13)22-19/h1,8,19H,7,9-10H2,2-5H3. The fourth-order valence-corrected chi connectivity index (χ4v) is 1.90. The van der Waals surface area contributed by atoms with E-state index < -0.39 is 11.4 Å². The molecule has 0 aliphatic carbocycles. The monoisotopic (exact) mass is 307 g/mol. The van der Waals surface area contributed by atoms with E-state index in [1.165, 1.54) is 7.11 Å². The largest absolute Gasteiger partial charge is 0.460 e. The Morgan fingerprint density at radius 2 is 2.14 bits per heavy atom. The lowest BCUT2D eigenvalue weighted by atomic mass is 9.90. The highest BCUT2D eigenvalue weighted by Crippen LogP contribution is 2.28. The minimum absolute atomic E-state index is 0.0647. The van der Waals surface area contributed by atoms with Crippen molar-refractivity contribution in [2.45, 2.75) is 40.4 Å². The van der Waals surface area contributed by atoms with Crippen LogP contribution in [-0.4, -0.2) is 23.3 Å². The van der Waals surface area contributed by atoms with Crippen LogP contribution in [0.25, 0.3) is 0 Å². The molecule has 0 unspecified atom stereocenters. The van der Waals surface area contributed by atoms with Gasteiger partial charge in [-0.15, -0.1) is 12.3 Å². The number of aryl methyl sites for hydroxylation is 1. The Kier molecular flexibility index (Phi) is 6.35. The van der Waals surface area contributed by atoms with Gasteiger partial charge in [-0.1, -0.05) is 0 Å². The number of hydrogen-bond donors (Lipinski definition) is 1. The second kappa shape index (κ2) is 7.78. The molecule has 1 rings (SSSR count). The lowest BCUT2D eigenvalue weighted by molar-refractivity contribution is -0.156. The van der Waals surface area contributed by atoms with Crippen molar-refractivity contribution in [2.75, 3.05) is 7.11 Å². The molecule has 1 heterocycles. The Bertz CT molecular complexity index is 575. The van der Waals surface area contributed by atoms with Crippen molar-refractivity contribution in [3.63, 3.8) is 0 Å². The Labute approximate surface area is 130 Å². The van der Waals surface area contributed by atoms with Gasteiger partial charge in [0.25, 0.3) is 0 Å². The fraction of sp³-hybridized carbons (Fsp3) is 0.500. The summed E-state index contributed by atoms with van der Waals surface area (Å²) >= 11 is 0. The number of esters is 1. The van der Waals surface area contributed by atoms with E-state index in [4.69, 9.17) is 21.2 Å². The third-order valence-electron chi connectivity index (χ3n) is 3.24. The average Bonchev–Trinajstić information content (AvgIpc) is 2.47. The van der Waals surface area contributed by atoms with Crippen LogP contribution in [0.1, 0.15) is 37.1 Å². The summed E-state index contributed by atoms with van der Waals surface area (Å²) in [5, 5.41) is 9.05. The van der Waals surface area contributed by atoms with Crippen LogP contribution in [0.15, 0.2) is 6.20 Å². The average molecular weight is 307 g/mol. The van der Waals surface area contributed by atoms with Crippen molar-refractivity contribution in [3.05, 3.63) is 23.0 Å². The minimum atomic E-state index is -0.779. The molecule has 0 saturated heterocycles. The molecule has 0 aliphatic heterocycles. The second-order valence-corrected chi connectivity index (χ2v) is 5.54. The molecule has 0 aromatic carbocycles. The molecule has 0 amide bonds. The van der Waals surface area contributed by atoms with Crippen LogP contribution < -0.4 is 4.89 Å². The zero-order chi connectivity index (χ0) is 16.8. The van der Waals surface area contributed by atoms with Gasteiger partial charge >= 0.3 is 5.97 Å². The highest BCUT2D eigenvalue weighted by Gasteiger charge is 2.29. The Hall–Kier alpha value is -2.10. The molecule has 0 aliphatic rings. The first kappa shape index (κ1) is 18.0. The molecule has 22 heavy (non-hydrogen) atoms. The van der Waals surface area contributed by atoms with Crippen molar-refractivity contribution in [1.29, 1.82) is 0 Å². The van der Waals surface area contributed by atoms with E-state index in [9.17, 15) is 4.79 Å². The molecular formula is C16H21NO5. The number of rotatable bonds is 7. The molecule has 0 radical (unpaired) electrons. The zero-order valence-corrected chi connectivity index (χ0v) is 13.3. The van der Waals surface area contributed by atoms with Gasteiger partial charge < -0.3 is 14.4 Å². The molecule has 1 N–H and O–H groups in total. The third-order valence-corrected chi connectivity index (χ3v) is 3.24. The molecule has 1 aromatic heterocycles. The molecule has 0 saturated carbocycles. The van der Waals surface area contributed by atoms with Gasteiger partial charge in [0.05, 0.1) is 17.7 Å². The fourth-order valence-electron chi connectivity index (χ4n) is 1.90. The van der Waals surface area contributed by atoms with Gasteiger partial charge in [0, 0.05) is 30.9 Å². The van der Waals surface area contributed by atoms with E-state index in [1.54, 1.807) is 27.0 Å². The maximum Gasteiger partial charge on any atom is 0.312 e. The highest BCUT2D eigenvalue weighted by atomic mass is 17.1. The summed E-state index contributed by atoms with van der Waals surface area (Å²) in [6.45, 7) is 5.30. The van der Waals surface area contributed by atoms with Crippen molar-refractivity contribution < 1.29 is 24.4 Å². The molecule has 6 nitrogen and oxygen atoms in total. The Morgan fingerprint density at radius 3 is 2.68 bits per heavy atom. The molecule has 120 valence electrons. The summed E-state index contributed by atoms with van der Waals surface area (Å²) < 4.78 is 10.4. The van der Waals surface area contributed by atoms with E-state index in [1.807, 2.05) is 0 Å². The number of pyridine rings is 1. The molecule has 1 aromatic rings. The van der Waals surface area contributed by atoms with Crippen LogP contribution in [0.3, 0.4) is 0 Å². The number of ether oxygens (including phenoxy) is 2.